The first-order valence-electron chi connectivity index (χ1n) is 12.6. The molecule has 6 nitrogen and oxygen atoms in total. The van der Waals surface area contributed by atoms with E-state index >= 15 is 0 Å². The van der Waals surface area contributed by atoms with Gasteiger partial charge in [0.1, 0.15) is 24.7 Å². The first-order chi connectivity index (χ1) is 18.0. The van der Waals surface area contributed by atoms with Crippen LogP contribution in [0.1, 0.15) is 53.5 Å². The van der Waals surface area contributed by atoms with Crippen LogP contribution in [-0.4, -0.2) is 42.6 Å². The van der Waals surface area contributed by atoms with Gasteiger partial charge in [0.15, 0.2) is 0 Å². The number of thioether (sulfide) groups is 1. The van der Waals surface area contributed by atoms with Crippen molar-refractivity contribution in [2.75, 3.05) is 20.3 Å². The Kier molecular flexibility index (Phi) is 9.88. The Morgan fingerprint density at radius 3 is 2.51 bits per heavy atom. The Balaban J connectivity index is 1.71. The molecule has 0 bridgehead atoms. The average Bonchev–Trinajstić information content (AvgIpc) is 3.46. The summed E-state index contributed by atoms with van der Waals surface area (Å²) in [5.41, 5.74) is 3.11. The van der Waals surface area contributed by atoms with Gasteiger partial charge in [0.25, 0.3) is 0 Å². The lowest BCUT2D eigenvalue weighted by Crippen LogP contribution is -2.25. The van der Waals surface area contributed by atoms with E-state index in [9.17, 15) is 9.90 Å². The van der Waals surface area contributed by atoms with Gasteiger partial charge < -0.3 is 24.4 Å². The van der Waals surface area contributed by atoms with Crippen molar-refractivity contribution in [2.45, 2.75) is 54.5 Å². The molecular weight excluding hydrogens is 488 g/mol. The van der Waals surface area contributed by atoms with Crippen LogP contribution in [0.2, 0.25) is 0 Å². The molecule has 2 unspecified atom stereocenters. The maximum absolute atomic E-state index is 11.3. The highest BCUT2D eigenvalue weighted by atomic mass is 32.2. The highest BCUT2D eigenvalue weighted by molar-refractivity contribution is 7.99. The number of ether oxygens (including phenoxy) is 3. The van der Waals surface area contributed by atoms with Crippen molar-refractivity contribution in [3.63, 3.8) is 0 Å². The van der Waals surface area contributed by atoms with E-state index in [0.29, 0.717) is 12.5 Å². The van der Waals surface area contributed by atoms with E-state index in [4.69, 9.17) is 19.3 Å². The normalized spacial score (nSPS) is 15.3. The van der Waals surface area contributed by atoms with Gasteiger partial charge in [-0.25, -0.2) is 4.79 Å². The number of aliphatic carboxylic acids is 1. The Bertz CT molecular complexity index is 1150. The first kappa shape index (κ1) is 27.0. The van der Waals surface area contributed by atoms with E-state index < -0.39 is 23.9 Å². The van der Waals surface area contributed by atoms with Crippen molar-refractivity contribution in [3.8, 4) is 11.5 Å². The second-order valence-corrected chi connectivity index (χ2v) is 10.4. The largest absolute Gasteiger partial charge is 0.497 e. The number of carboxylic acids is 1. The van der Waals surface area contributed by atoms with Crippen LogP contribution in [0.5, 0.6) is 11.5 Å². The maximum Gasteiger partial charge on any atom is 0.329 e. The minimum atomic E-state index is -1.07. The van der Waals surface area contributed by atoms with E-state index in [2.05, 4.69) is 6.07 Å². The van der Waals surface area contributed by atoms with Gasteiger partial charge in [0.2, 0.25) is 0 Å². The molecule has 0 saturated heterocycles. The van der Waals surface area contributed by atoms with Crippen LogP contribution in [0.15, 0.2) is 77.7 Å². The standard InChI is InChI=1S/C30H34O6S/c1-34-23-13-7-14-24(17-23)37-30(27(31)19-35-20-28(32)33)26-16-8-15-25(22-11-5-6-12-22)29(26)36-18-21-9-3-2-4-10-21/h2-4,7-10,13-17,22,27,30-31H,5-6,11-12,18-20H2,1H3,(H,32,33). The second-order valence-electron chi connectivity index (χ2n) is 9.21. The number of rotatable bonds is 13. The lowest BCUT2D eigenvalue weighted by atomic mass is 9.92. The Hall–Kier alpha value is -3.00. The van der Waals surface area contributed by atoms with Crippen LogP contribution >= 0.6 is 11.8 Å². The number of aliphatic hydroxyl groups excluding tert-OH is 1. The zero-order valence-corrected chi connectivity index (χ0v) is 21.9. The molecule has 7 heteroatoms. The van der Waals surface area contributed by atoms with Crippen LogP contribution in [0.3, 0.4) is 0 Å². The second kappa shape index (κ2) is 13.5. The fraction of sp³-hybridized carbons (Fsp3) is 0.367. The molecule has 37 heavy (non-hydrogen) atoms. The molecular formula is C30H34O6S. The zero-order valence-electron chi connectivity index (χ0n) is 21.0. The third-order valence-corrected chi connectivity index (χ3v) is 7.92. The van der Waals surface area contributed by atoms with E-state index in [0.717, 1.165) is 40.4 Å². The highest BCUT2D eigenvalue weighted by Crippen LogP contribution is 2.47. The number of carboxylic acid groups (broad SMARTS) is 1. The number of methoxy groups -OCH3 is 1. The summed E-state index contributed by atoms with van der Waals surface area (Å²) in [6.45, 7) is -0.160. The van der Waals surface area contributed by atoms with Crippen LogP contribution in [0, 0.1) is 0 Å². The molecule has 1 aliphatic rings. The summed E-state index contributed by atoms with van der Waals surface area (Å²) in [6.07, 6.45) is 3.65. The van der Waals surface area contributed by atoms with Crippen LogP contribution in [0.4, 0.5) is 0 Å². The third-order valence-electron chi connectivity index (χ3n) is 6.57. The topological polar surface area (TPSA) is 85.2 Å². The Morgan fingerprint density at radius 1 is 1.03 bits per heavy atom. The molecule has 0 spiro atoms. The third kappa shape index (κ3) is 7.51. The maximum atomic E-state index is 11.3. The predicted molar refractivity (Wildman–Crippen MR) is 144 cm³/mol. The molecule has 4 rings (SSSR count). The molecule has 0 amide bonds. The van der Waals surface area contributed by atoms with Crippen LogP contribution in [0.25, 0.3) is 0 Å². The van der Waals surface area contributed by atoms with Gasteiger partial charge in [-0.05, 0) is 48.1 Å². The van der Waals surface area contributed by atoms with Crippen LogP contribution in [-0.2, 0) is 16.1 Å². The van der Waals surface area contributed by atoms with Gasteiger partial charge in [-0.15, -0.1) is 11.8 Å². The van der Waals surface area contributed by atoms with Crippen LogP contribution < -0.4 is 9.47 Å². The number of hydrogen-bond acceptors (Lipinski definition) is 6. The lowest BCUT2D eigenvalue weighted by Gasteiger charge is -2.27. The minimum absolute atomic E-state index is 0.111. The molecule has 1 saturated carbocycles. The average molecular weight is 523 g/mol. The van der Waals surface area contributed by atoms with Crippen molar-refractivity contribution >= 4 is 17.7 Å². The molecule has 2 atom stereocenters. The van der Waals surface area contributed by atoms with E-state index in [1.165, 1.54) is 30.2 Å². The first-order valence-corrected chi connectivity index (χ1v) is 13.5. The summed E-state index contributed by atoms with van der Waals surface area (Å²) in [5, 5.41) is 19.9. The van der Waals surface area contributed by atoms with Crippen molar-refractivity contribution in [1.82, 2.24) is 0 Å². The summed E-state index contributed by atoms with van der Waals surface area (Å²) in [7, 11) is 1.62. The molecule has 0 heterocycles. The summed E-state index contributed by atoms with van der Waals surface area (Å²) >= 11 is 1.49. The van der Waals surface area contributed by atoms with Gasteiger partial charge in [0.05, 0.1) is 25.1 Å². The molecule has 1 fully saturated rings. The summed E-state index contributed by atoms with van der Waals surface area (Å²) in [5.74, 6) is 0.865. The zero-order chi connectivity index (χ0) is 26.0. The number of benzene rings is 3. The number of aliphatic hydroxyl groups is 1. The van der Waals surface area contributed by atoms with E-state index in [1.54, 1.807) is 7.11 Å². The molecule has 2 N–H and O–H groups in total. The number of para-hydroxylation sites is 1. The quantitative estimate of drug-likeness (QED) is 0.258. The molecule has 196 valence electrons. The summed E-state index contributed by atoms with van der Waals surface area (Å²) < 4.78 is 17.3. The van der Waals surface area contributed by atoms with E-state index in [-0.39, 0.29) is 6.61 Å². The molecule has 3 aromatic rings. The molecule has 0 aromatic heterocycles. The fourth-order valence-electron chi connectivity index (χ4n) is 4.78. The van der Waals surface area contributed by atoms with Crippen molar-refractivity contribution in [3.05, 3.63) is 89.5 Å². The SMILES string of the molecule is COc1cccc(SC(c2cccc(C3CCCC3)c2OCc2ccccc2)C(O)COCC(=O)O)c1. The highest BCUT2D eigenvalue weighted by Gasteiger charge is 2.30. The van der Waals surface area contributed by atoms with Gasteiger partial charge in [0, 0.05) is 10.5 Å². The molecule has 3 aromatic carbocycles. The van der Waals surface area contributed by atoms with E-state index in [1.807, 2.05) is 66.7 Å². The Morgan fingerprint density at radius 2 is 1.78 bits per heavy atom. The number of carbonyl (C=O) groups is 1. The lowest BCUT2D eigenvalue weighted by molar-refractivity contribution is -0.143. The molecule has 0 radical (unpaired) electrons. The minimum Gasteiger partial charge on any atom is -0.497 e. The Labute approximate surface area is 222 Å². The summed E-state index contributed by atoms with van der Waals surface area (Å²) in [6, 6.07) is 23.9. The van der Waals surface area contributed by atoms with Gasteiger partial charge >= 0.3 is 5.97 Å². The predicted octanol–water partition coefficient (Wildman–Crippen LogP) is 6.23. The van der Waals surface area contributed by atoms with Crippen molar-refractivity contribution in [2.24, 2.45) is 0 Å². The number of hydrogen-bond donors (Lipinski definition) is 2. The molecule has 0 aliphatic heterocycles. The van der Waals surface area contributed by atoms with Crippen molar-refractivity contribution in [1.29, 1.82) is 0 Å². The fourth-order valence-corrected chi connectivity index (χ4v) is 5.96. The molecule has 1 aliphatic carbocycles. The monoisotopic (exact) mass is 522 g/mol. The van der Waals surface area contributed by atoms with Crippen molar-refractivity contribution < 1.29 is 29.2 Å². The summed E-state index contributed by atoms with van der Waals surface area (Å²) in [4.78, 5) is 11.9. The van der Waals surface area contributed by atoms with Gasteiger partial charge in [-0.3, -0.25) is 0 Å². The smallest absolute Gasteiger partial charge is 0.329 e. The van der Waals surface area contributed by atoms with Gasteiger partial charge in [-0.2, -0.15) is 0 Å². The van der Waals surface area contributed by atoms with Gasteiger partial charge in [-0.1, -0.05) is 67.4 Å².